The van der Waals surface area contributed by atoms with Gasteiger partial charge in [-0.05, 0) is 61.3 Å². The van der Waals surface area contributed by atoms with Gasteiger partial charge in [0.25, 0.3) is 0 Å². The second-order valence-electron chi connectivity index (χ2n) is 7.39. The van der Waals surface area contributed by atoms with Crippen LogP contribution in [0, 0.1) is 0 Å². The van der Waals surface area contributed by atoms with Crippen LogP contribution in [0.1, 0.15) is 41.6 Å². The number of carbonyl (C=O) groups excluding carboxylic acids is 1. The lowest BCUT2D eigenvalue weighted by molar-refractivity contribution is 0.260. The van der Waals surface area contributed by atoms with Gasteiger partial charge in [-0.25, -0.2) is 18.8 Å². The smallest absolute Gasteiger partial charge is 0.354 e. The fourth-order valence-corrected chi connectivity index (χ4v) is 5.14. The van der Waals surface area contributed by atoms with Gasteiger partial charge in [0.05, 0.1) is 12.2 Å². The van der Waals surface area contributed by atoms with E-state index in [9.17, 15) is 9.00 Å². The third-order valence-electron chi connectivity index (χ3n) is 5.61. The van der Waals surface area contributed by atoms with Crippen LogP contribution >= 0.6 is 0 Å². The number of anilines is 1. The molecule has 0 bridgehead atoms. The number of benzene rings is 1. The highest BCUT2D eigenvalue weighted by atomic mass is 32.2. The number of aromatic nitrogens is 2. The minimum absolute atomic E-state index is 0.0310. The van der Waals surface area contributed by atoms with Gasteiger partial charge in [0, 0.05) is 5.69 Å². The maximum Gasteiger partial charge on any atom is 0.354 e. The average molecular weight is 387 g/mol. The van der Waals surface area contributed by atoms with E-state index in [0.717, 1.165) is 37.8 Å². The fraction of sp³-hybridized carbons (Fsp3) is 0.444. The summed E-state index contributed by atoms with van der Waals surface area (Å²) in [5, 5.41) is 12.9. The molecular formula is C18H21N5O3S. The van der Waals surface area contributed by atoms with Crippen molar-refractivity contribution in [2.75, 3.05) is 11.9 Å². The number of amides is 2. The van der Waals surface area contributed by atoms with Crippen molar-refractivity contribution in [1.29, 1.82) is 0 Å². The molecule has 8 nitrogen and oxygen atoms in total. The lowest BCUT2D eigenvalue weighted by atomic mass is 9.83. The summed E-state index contributed by atoms with van der Waals surface area (Å²) in [7, 11) is -3.45. The topological polar surface area (TPSA) is 112 Å². The Bertz CT molecular complexity index is 1100. The molecule has 1 aromatic heterocycles. The summed E-state index contributed by atoms with van der Waals surface area (Å²) >= 11 is 0. The molecule has 27 heavy (non-hydrogen) atoms. The van der Waals surface area contributed by atoms with E-state index in [2.05, 4.69) is 20.8 Å². The molecule has 2 aromatic rings. The second-order valence-corrected chi connectivity index (χ2v) is 9.15. The normalized spacial score (nSPS) is 21.3. The van der Waals surface area contributed by atoms with Crippen molar-refractivity contribution in [1.82, 2.24) is 9.78 Å². The molecule has 2 aliphatic carbocycles. The maximum absolute atomic E-state index is 12.9. The molecule has 3 N–H and O–H groups in total. The van der Waals surface area contributed by atoms with E-state index in [4.69, 9.17) is 9.88 Å². The zero-order valence-electron chi connectivity index (χ0n) is 15.0. The number of fused-ring (bicyclic) bond motifs is 3. The third kappa shape index (κ3) is 2.56. The number of nitrogens with one attached hydrogen (secondary N) is 1. The number of ether oxygens (including phenoxy) is 1. The summed E-state index contributed by atoms with van der Waals surface area (Å²) in [4.78, 5) is 12.7. The van der Waals surface area contributed by atoms with Crippen LogP contribution in [0.2, 0.25) is 0 Å². The lowest BCUT2D eigenvalue weighted by Crippen LogP contribution is -2.21. The van der Waals surface area contributed by atoms with Crippen LogP contribution in [-0.2, 0) is 35.6 Å². The number of carbonyl (C=O) groups is 1. The zero-order chi connectivity index (χ0) is 18.8. The van der Waals surface area contributed by atoms with E-state index < -0.39 is 15.9 Å². The zero-order valence-corrected chi connectivity index (χ0v) is 15.8. The first kappa shape index (κ1) is 16.8. The van der Waals surface area contributed by atoms with E-state index in [1.807, 2.05) is 6.92 Å². The van der Waals surface area contributed by atoms with Crippen LogP contribution in [0.5, 0.6) is 5.88 Å². The van der Waals surface area contributed by atoms with E-state index in [1.54, 1.807) is 4.68 Å². The minimum atomic E-state index is -3.45. The van der Waals surface area contributed by atoms with Gasteiger partial charge in [0.2, 0.25) is 5.88 Å². The summed E-state index contributed by atoms with van der Waals surface area (Å²) in [6.45, 7) is 2.36. The quantitative estimate of drug-likeness (QED) is 0.824. The fourth-order valence-electron chi connectivity index (χ4n) is 4.15. The lowest BCUT2D eigenvalue weighted by Gasteiger charge is -2.25. The van der Waals surface area contributed by atoms with Crippen molar-refractivity contribution in [3.05, 3.63) is 34.5 Å². The Morgan fingerprint density at radius 3 is 2.89 bits per heavy atom. The molecule has 9 heteroatoms. The van der Waals surface area contributed by atoms with Crippen LogP contribution in [0.3, 0.4) is 0 Å². The van der Waals surface area contributed by atoms with Gasteiger partial charge in [-0.2, -0.15) is 5.10 Å². The second kappa shape index (κ2) is 5.80. The Hall–Kier alpha value is -2.39. The Balaban J connectivity index is 1.48. The molecule has 0 spiro atoms. The van der Waals surface area contributed by atoms with Crippen LogP contribution in [0.25, 0.3) is 0 Å². The SMILES string of the molecule is C[C@H]1COc2c(S(N)(=O)=NC(=O)Nc3c4c(cc5c3CC5)CCC4)cnn21. The molecule has 2 amide bonds. The van der Waals surface area contributed by atoms with Crippen molar-refractivity contribution in [2.24, 2.45) is 9.50 Å². The molecule has 3 aliphatic rings. The minimum Gasteiger partial charge on any atom is -0.475 e. The van der Waals surface area contributed by atoms with Crippen molar-refractivity contribution in [2.45, 2.75) is 50.0 Å². The Kier molecular flexibility index (Phi) is 3.60. The van der Waals surface area contributed by atoms with Gasteiger partial charge < -0.3 is 10.1 Å². The van der Waals surface area contributed by atoms with Crippen molar-refractivity contribution >= 4 is 21.6 Å². The maximum atomic E-state index is 12.9. The molecule has 0 fully saturated rings. The van der Waals surface area contributed by atoms with Crippen molar-refractivity contribution in [3.63, 3.8) is 0 Å². The first-order valence-electron chi connectivity index (χ1n) is 9.17. The average Bonchev–Trinajstić information content (AvgIpc) is 3.27. The van der Waals surface area contributed by atoms with Gasteiger partial charge in [0.15, 0.2) is 9.92 Å². The van der Waals surface area contributed by atoms with E-state index in [1.165, 1.54) is 28.5 Å². The summed E-state index contributed by atoms with van der Waals surface area (Å²) in [5.74, 6) is 0.330. The Labute approximate surface area is 157 Å². The molecule has 5 rings (SSSR count). The standard InChI is InChI=1S/C18H21N5O3S/c1-10-9-26-17-15(8-20-23(10)17)27(19,25)22-18(24)21-16-13-4-2-3-11(13)7-12-5-6-14(12)16/h7-8,10H,2-6,9H2,1H3,(H3,19,21,22,24,25)/t10-,27?/m0/s1. The molecule has 142 valence electrons. The molecule has 0 radical (unpaired) electrons. The van der Waals surface area contributed by atoms with Gasteiger partial charge >= 0.3 is 6.03 Å². The first-order valence-corrected chi connectivity index (χ1v) is 10.7. The van der Waals surface area contributed by atoms with Crippen LogP contribution in [0.4, 0.5) is 10.5 Å². The highest BCUT2D eigenvalue weighted by molar-refractivity contribution is 7.91. The molecule has 0 saturated carbocycles. The highest BCUT2D eigenvalue weighted by Crippen LogP contribution is 2.40. The number of nitrogens with zero attached hydrogens (tertiary/aromatic N) is 3. The Morgan fingerprint density at radius 1 is 1.33 bits per heavy atom. The largest absolute Gasteiger partial charge is 0.475 e. The third-order valence-corrected chi connectivity index (χ3v) is 6.95. The molecule has 1 aliphatic heterocycles. The highest BCUT2D eigenvalue weighted by Gasteiger charge is 2.30. The predicted octanol–water partition coefficient (Wildman–Crippen LogP) is 2.36. The number of hydrogen-bond acceptors (Lipinski definition) is 4. The van der Waals surface area contributed by atoms with Crippen LogP contribution in [0.15, 0.2) is 21.5 Å². The number of aryl methyl sites for hydroxylation is 2. The van der Waals surface area contributed by atoms with E-state index in [0.29, 0.717) is 12.5 Å². The molecule has 2 heterocycles. The number of urea groups is 1. The van der Waals surface area contributed by atoms with Crippen molar-refractivity contribution in [3.8, 4) is 5.88 Å². The van der Waals surface area contributed by atoms with Gasteiger partial charge in [-0.1, -0.05) is 6.07 Å². The molecule has 2 atom stereocenters. The monoisotopic (exact) mass is 387 g/mol. The summed E-state index contributed by atoms with van der Waals surface area (Å²) in [6.07, 6.45) is 6.42. The van der Waals surface area contributed by atoms with Crippen LogP contribution in [-0.4, -0.2) is 26.6 Å². The van der Waals surface area contributed by atoms with E-state index in [-0.39, 0.29) is 10.9 Å². The molecular weight excluding hydrogens is 366 g/mol. The summed E-state index contributed by atoms with van der Waals surface area (Å²) in [5.41, 5.74) is 5.79. The molecule has 1 unspecified atom stereocenters. The van der Waals surface area contributed by atoms with Crippen LogP contribution < -0.4 is 15.2 Å². The number of nitrogens with two attached hydrogens (primary N) is 1. The van der Waals surface area contributed by atoms with E-state index >= 15 is 0 Å². The summed E-state index contributed by atoms with van der Waals surface area (Å²) in [6, 6.07) is 1.60. The summed E-state index contributed by atoms with van der Waals surface area (Å²) < 4.78 is 23.9. The van der Waals surface area contributed by atoms with Gasteiger partial charge in [-0.3, -0.25) is 0 Å². The van der Waals surface area contributed by atoms with Gasteiger partial charge in [0.1, 0.15) is 11.5 Å². The number of rotatable bonds is 2. The van der Waals surface area contributed by atoms with Crippen molar-refractivity contribution < 1.29 is 13.7 Å². The molecule has 0 saturated heterocycles. The molecule has 1 aromatic carbocycles. The predicted molar refractivity (Wildman–Crippen MR) is 100 cm³/mol. The first-order chi connectivity index (χ1) is 12.9. The van der Waals surface area contributed by atoms with Gasteiger partial charge in [-0.15, -0.1) is 4.36 Å². The number of hydrogen-bond donors (Lipinski definition) is 2. The Morgan fingerprint density at radius 2 is 2.11 bits per heavy atom.